The Hall–Kier alpha value is -1.93. The first-order chi connectivity index (χ1) is 14.8. The summed E-state index contributed by atoms with van der Waals surface area (Å²) in [6.45, 7) is 5.95. The molecule has 0 N–H and O–H groups in total. The van der Waals surface area contributed by atoms with E-state index in [-0.39, 0.29) is 0 Å². The third-order valence-corrected chi connectivity index (χ3v) is 5.94. The molecule has 0 heterocycles. The van der Waals surface area contributed by atoms with Crippen LogP contribution >= 0.6 is 11.6 Å². The van der Waals surface area contributed by atoms with E-state index in [9.17, 15) is 0 Å². The molecule has 0 fully saturated rings. The smallest absolute Gasteiger partial charge is 0.135 e. The van der Waals surface area contributed by atoms with Crippen LogP contribution in [0.2, 0.25) is 0 Å². The Morgan fingerprint density at radius 2 is 1.17 bits per heavy atom. The Kier molecular flexibility index (Phi) is 9.14. The fraction of sp³-hybridized carbons (Fsp3) is 0.481. The van der Waals surface area contributed by atoms with Gasteiger partial charge in [0.25, 0.3) is 0 Å². The van der Waals surface area contributed by atoms with Crippen LogP contribution in [-0.4, -0.2) is 13.2 Å². The lowest BCUT2D eigenvalue weighted by molar-refractivity contribution is 0.307. The van der Waals surface area contributed by atoms with Gasteiger partial charge in [0, 0.05) is 27.4 Å². The zero-order valence-corrected chi connectivity index (χ0v) is 19.3. The van der Waals surface area contributed by atoms with Crippen LogP contribution in [0.5, 0.6) is 11.5 Å². The second kappa shape index (κ2) is 12.1. The fourth-order valence-corrected chi connectivity index (χ4v) is 4.11. The van der Waals surface area contributed by atoms with E-state index in [1.165, 1.54) is 38.5 Å². The van der Waals surface area contributed by atoms with E-state index < -0.39 is 0 Å². The third kappa shape index (κ3) is 5.60. The molecule has 3 aromatic carbocycles. The number of fused-ring (bicyclic) bond motifs is 2. The van der Waals surface area contributed by atoms with Crippen molar-refractivity contribution in [3.8, 4) is 11.5 Å². The maximum atomic E-state index is 6.39. The van der Waals surface area contributed by atoms with Gasteiger partial charge < -0.3 is 9.47 Å². The van der Waals surface area contributed by atoms with Crippen LogP contribution in [-0.2, 0) is 5.88 Å². The summed E-state index contributed by atoms with van der Waals surface area (Å²) in [4.78, 5) is 0. The molecule has 0 unspecified atom stereocenters. The zero-order chi connectivity index (χ0) is 21.2. The molecule has 0 saturated carbocycles. The van der Waals surface area contributed by atoms with Crippen LogP contribution in [0.15, 0.2) is 42.5 Å². The van der Waals surface area contributed by atoms with Crippen molar-refractivity contribution in [3.63, 3.8) is 0 Å². The molecule has 0 spiro atoms. The topological polar surface area (TPSA) is 18.5 Å². The predicted octanol–water partition coefficient (Wildman–Crippen LogP) is 8.65. The van der Waals surface area contributed by atoms with Crippen LogP contribution in [0.3, 0.4) is 0 Å². The van der Waals surface area contributed by atoms with Crippen molar-refractivity contribution in [1.82, 2.24) is 0 Å². The number of benzene rings is 3. The van der Waals surface area contributed by atoms with Gasteiger partial charge in [0.05, 0.1) is 13.2 Å². The molecular formula is C27H35ClO2. The molecule has 3 rings (SSSR count). The van der Waals surface area contributed by atoms with Crippen molar-refractivity contribution >= 4 is 33.1 Å². The van der Waals surface area contributed by atoms with Gasteiger partial charge in [-0.3, -0.25) is 0 Å². The molecule has 0 bridgehead atoms. The normalized spacial score (nSPS) is 11.3. The van der Waals surface area contributed by atoms with Crippen molar-refractivity contribution in [3.05, 3.63) is 48.0 Å². The lowest BCUT2D eigenvalue weighted by atomic mass is 9.99. The quantitative estimate of drug-likeness (QED) is 0.154. The van der Waals surface area contributed by atoms with Gasteiger partial charge in [-0.25, -0.2) is 0 Å². The van der Waals surface area contributed by atoms with Gasteiger partial charge in [-0.2, -0.15) is 0 Å². The number of unbranched alkanes of at least 4 members (excludes halogenated alkanes) is 6. The van der Waals surface area contributed by atoms with Crippen LogP contribution in [0, 0.1) is 0 Å². The maximum absolute atomic E-state index is 6.39. The number of hydrogen-bond acceptors (Lipinski definition) is 2. The van der Waals surface area contributed by atoms with Gasteiger partial charge in [0.1, 0.15) is 11.5 Å². The van der Waals surface area contributed by atoms with Gasteiger partial charge in [-0.05, 0) is 24.5 Å². The number of ether oxygens (including phenoxy) is 2. The molecule has 0 aliphatic carbocycles. The monoisotopic (exact) mass is 426 g/mol. The standard InChI is InChI=1S/C27H35ClO2/c1-3-5-7-11-17-29-26-22-13-9-10-14-23(22)27(30-18-12-8-6-4-2)25-19-21(20-28)15-16-24(25)26/h9-10,13-16,19H,3-8,11-12,17-18,20H2,1-2H3. The Labute approximate surface area is 186 Å². The van der Waals surface area contributed by atoms with Gasteiger partial charge in [-0.15, -0.1) is 11.6 Å². The lowest BCUT2D eigenvalue weighted by Gasteiger charge is -2.18. The van der Waals surface area contributed by atoms with Crippen LogP contribution in [0.25, 0.3) is 21.5 Å². The van der Waals surface area contributed by atoms with Gasteiger partial charge >= 0.3 is 0 Å². The SMILES string of the molecule is CCCCCCOc1c2ccccc2c(OCCCCCC)c2cc(CCl)ccc12. The Morgan fingerprint density at radius 3 is 1.70 bits per heavy atom. The average Bonchev–Trinajstić information content (AvgIpc) is 2.79. The highest BCUT2D eigenvalue weighted by Gasteiger charge is 2.16. The molecular weight excluding hydrogens is 392 g/mol. The largest absolute Gasteiger partial charge is 0.492 e. The molecule has 0 aliphatic heterocycles. The van der Waals surface area contributed by atoms with Gasteiger partial charge in [-0.1, -0.05) is 88.8 Å². The summed E-state index contributed by atoms with van der Waals surface area (Å²) in [5.41, 5.74) is 1.10. The summed E-state index contributed by atoms with van der Waals surface area (Å²) in [6, 6.07) is 14.9. The number of halogens is 1. The second-order valence-electron chi connectivity index (χ2n) is 8.04. The maximum Gasteiger partial charge on any atom is 0.135 e. The minimum Gasteiger partial charge on any atom is -0.492 e. The lowest BCUT2D eigenvalue weighted by Crippen LogP contribution is -2.02. The molecule has 0 saturated heterocycles. The fourth-order valence-electron chi connectivity index (χ4n) is 3.95. The first-order valence-electron chi connectivity index (χ1n) is 11.6. The minimum absolute atomic E-state index is 0.492. The Balaban J connectivity index is 1.99. The molecule has 0 aliphatic rings. The van der Waals surface area contributed by atoms with Crippen molar-refractivity contribution in [2.24, 2.45) is 0 Å². The summed E-state index contributed by atoms with van der Waals surface area (Å²) in [5.74, 6) is 2.42. The minimum atomic E-state index is 0.492. The molecule has 0 aromatic heterocycles. The summed E-state index contributed by atoms with van der Waals surface area (Å²) >= 11 is 6.16. The van der Waals surface area contributed by atoms with E-state index >= 15 is 0 Å². The zero-order valence-electron chi connectivity index (χ0n) is 18.5. The van der Waals surface area contributed by atoms with Crippen molar-refractivity contribution < 1.29 is 9.47 Å². The highest BCUT2D eigenvalue weighted by atomic mass is 35.5. The number of rotatable bonds is 13. The van der Waals surface area contributed by atoms with E-state index in [0.29, 0.717) is 5.88 Å². The molecule has 0 radical (unpaired) electrons. The second-order valence-corrected chi connectivity index (χ2v) is 8.30. The first-order valence-corrected chi connectivity index (χ1v) is 12.1. The summed E-state index contributed by atoms with van der Waals surface area (Å²) < 4.78 is 12.8. The average molecular weight is 427 g/mol. The third-order valence-electron chi connectivity index (χ3n) is 5.63. The molecule has 30 heavy (non-hydrogen) atoms. The Morgan fingerprint density at radius 1 is 0.633 bits per heavy atom. The van der Waals surface area contributed by atoms with Crippen molar-refractivity contribution in [1.29, 1.82) is 0 Å². The van der Waals surface area contributed by atoms with E-state index in [0.717, 1.165) is 64.7 Å². The number of hydrogen-bond donors (Lipinski definition) is 0. The van der Waals surface area contributed by atoms with Crippen molar-refractivity contribution in [2.75, 3.05) is 13.2 Å². The highest BCUT2D eigenvalue weighted by Crippen LogP contribution is 2.43. The molecule has 0 amide bonds. The van der Waals surface area contributed by atoms with E-state index in [1.807, 2.05) is 0 Å². The highest BCUT2D eigenvalue weighted by molar-refractivity contribution is 6.17. The molecule has 3 aromatic rings. The first kappa shape index (κ1) is 22.7. The van der Waals surface area contributed by atoms with Crippen LogP contribution in [0.4, 0.5) is 0 Å². The molecule has 2 nitrogen and oxygen atoms in total. The van der Waals surface area contributed by atoms with Crippen LogP contribution < -0.4 is 9.47 Å². The predicted molar refractivity (Wildman–Crippen MR) is 130 cm³/mol. The molecule has 0 atom stereocenters. The Bertz CT molecular complexity index is 935. The van der Waals surface area contributed by atoms with Crippen molar-refractivity contribution in [2.45, 2.75) is 71.1 Å². The molecule has 3 heteroatoms. The summed E-state index contributed by atoms with van der Waals surface area (Å²) in [5, 5.41) is 4.46. The van der Waals surface area contributed by atoms with Gasteiger partial charge in [0.15, 0.2) is 0 Å². The summed E-state index contributed by atoms with van der Waals surface area (Å²) in [7, 11) is 0. The van der Waals surface area contributed by atoms with E-state index in [4.69, 9.17) is 21.1 Å². The van der Waals surface area contributed by atoms with Crippen LogP contribution in [0.1, 0.15) is 70.8 Å². The van der Waals surface area contributed by atoms with E-state index in [2.05, 4.69) is 56.3 Å². The number of alkyl halides is 1. The molecule has 162 valence electrons. The summed E-state index contributed by atoms with van der Waals surface area (Å²) in [6.07, 6.45) is 9.56. The van der Waals surface area contributed by atoms with Gasteiger partial charge in [0.2, 0.25) is 0 Å². The van der Waals surface area contributed by atoms with E-state index in [1.54, 1.807) is 0 Å².